The number of hydrogen-bond acceptors (Lipinski definition) is 4. The molecule has 1 amide bonds. The molecule has 0 unspecified atom stereocenters. The molecule has 1 aromatic heterocycles. The van der Waals surface area contributed by atoms with Crippen molar-refractivity contribution < 1.29 is 14.3 Å². The lowest BCUT2D eigenvalue weighted by atomic mass is 10.1. The number of carbonyl (C=O) groups excluding carboxylic acids is 1. The van der Waals surface area contributed by atoms with Crippen LogP contribution in [0.5, 0.6) is 11.5 Å². The normalized spacial score (nSPS) is 14.6. The van der Waals surface area contributed by atoms with Crippen molar-refractivity contribution in [1.29, 1.82) is 0 Å². The Morgan fingerprint density at radius 3 is 2.38 bits per heavy atom. The number of amides is 1. The van der Waals surface area contributed by atoms with E-state index in [0.29, 0.717) is 23.6 Å². The van der Waals surface area contributed by atoms with Gasteiger partial charge in [-0.15, -0.1) is 0 Å². The summed E-state index contributed by atoms with van der Waals surface area (Å²) in [6, 6.07) is 14.0. The van der Waals surface area contributed by atoms with Crippen LogP contribution < -0.4 is 9.47 Å². The summed E-state index contributed by atoms with van der Waals surface area (Å²) in [5.74, 6) is 1.40. The first kappa shape index (κ1) is 17.8. The smallest absolute Gasteiger partial charge is 0.274 e. The van der Waals surface area contributed by atoms with E-state index < -0.39 is 0 Å². The molecule has 29 heavy (non-hydrogen) atoms. The zero-order valence-electron chi connectivity index (χ0n) is 16.6. The lowest BCUT2D eigenvalue weighted by Gasteiger charge is -2.14. The Morgan fingerprint density at radius 2 is 1.69 bits per heavy atom. The Labute approximate surface area is 169 Å². The third-order valence-electron chi connectivity index (χ3n) is 5.81. The molecule has 0 bridgehead atoms. The number of ether oxygens (including phenoxy) is 2. The molecule has 0 N–H and O–H groups in total. The van der Waals surface area contributed by atoms with Crippen molar-refractivity contribution in [2.75, 3.05) is 27.3 Å². The molecule has 1 aliphatic heterocycles. The summed E-state index contributed by atoms with van der Waals surface area (Å²) in [5, 5.41) is 4.80. The molecule has 0 atom stereocenters. The average molecular weight is 389 g/mol. The van der Waals surface area contributed by atoms with Gasteiger partial charge in [-0.25, -0.2) is 4.68 Å². The molecule has 2 aromatic carbocycles. The Bertz CT molecular complexity index is 1080. The van der Waals surface area contributed by atoms with Crippen LogP contribution in [0.1, 0.15) is 34.5 Å². The van der Waals surface area contributed by atoms with E-state index in [1.807, 2.05) is 52.0 Å². The topological polar surface area (TPSA) is 56.6 Å². The van der Waals surface area contributed by atoms with Crippen LogP contribution in [-0.2, 0) is 6.42 Å². The quantitative estimate of drug-likeness (QED) is 0.534. The summed E-state index contributed by atoms with van der Waals surface area (Å²) in [6.07, 6.45) is 2.77. The first-order chi connectivity index (χ1) is 14.2. The minimum atomic E-state index is 0.0279. The summed E-state index contributed by atoms with van der Waals surface area (Å²) in [5.41, 5.74) is 5.60. The van der Waals surface area contributed by atoms with E-state index in [1.165, 1.54) is 0 Å². The maximum atomic E-state index is 13.2. The number of para-hydroxylation sites is 1. The predicted molar refractivity (Wildman–Crippen MR) is 110 cm³/mol. The fourth-order valence-electron chi connectivity index (χ4n) is 4.37. The van der Waals surface area contributed by atoms with Crippen molar-refractivity contribution in [3.63, 3.8) is 0 Å². The van der Waals surface area contributed by atoms with Crippen LogP contribution in [0, 0.1) is 0 Å². The maximum absolute atomic E-state index is 13.2. The second-order valence-corrected chi connectivity index (χ2v) is 7.46. The lowest BCUT2D eigenvalue weighted by molar-refractivity contribution is 0.0785. The van der Waals surface area contributed by atoms with Crippen LogP contribution in [0.4, 0.5) is 0 Å². The molecule has 6 heteroatoms. The number of benzene rings is 2. The van der Waals surface area contributed by atoms with Crippen LogP contribution in [0.15, 0.2) is 42.5 Å². The van der Waals surface area contributed by atoms with Gasteiger partial charge in [0.1, 0.15) is 0 Å². The maximum Gasteiger partial charge on any atom is 0.274 e. The van der Waals surface area contributed by atoms with Crippen molar-refractivity contribution in [3.8, 4) is 28.4 Å². The van der Waals surface area contributed by atoms with Gasteiger partial charge in [0.15, 0.2) is 17.2 Å². The first-order valence-corrected chi connectivity index (χ1v) is 9.93. The van der Waals surface area contributed by atoms with Crippen LogP contribution in [-0.4, -0.2) is 47.9 Å². The third-order valence-corrected chi connectivity index (χ3v) is 5.81. The van der Waals surface area contributed by atoms with E-state index in [1.54, 1.807) is 14.2 Å². The Hall–Kier alpha value is -3.28. The molecule has 0 saturated carbocycles. The number of rotatable bonds is 4. The van der Waals surface area contributed by atoms with Gasteiger partial charge in [-0.05, 0) is 42.7 Å². The van der Waals surface area contributed by atoms with Crippen LogP contribution in [0.3, 0.4) is 0 Å². The summed E-state index contributed by atoms with van der Waals surface area (Å²) >= 11 is 0. The summed E-state index contributed by atoms with van der Waals surface area (Å²) in [6.45, 7) is 1.61. The fraction of sp³-hybridized carbons (Fsp3) is 0.304. The van der Waals surface area contributed by atoms with E-state index in [0.717, 1.165) is 54.0 Å². The van der Waals surface area contributed by atoms with E-state index in [9.17, 15) is 4.79 Å². The van der Waals surface area contributed by atoms with E-state index in [-0.39, 0.29) is 5.91 Å². The van der Waals surface area contributed by atoms with Crippen molar-refractivity contribution in [2.45, 2.75) is 19.3 Å². The molecule has 0 radical (unpaired) electrons. The van der Waals surface area contributed by atoms with Crippen molar-refractivity contribution in [3.05, 3.63) is 59.3 Å². The first-order valence-electron chi connectivity index (χ1n) is 9.93. The molecule has 1 fully saturated rings. The standard InChI is InChI=1S/C23H23N3O3/c1-28-19-13-15-12-18-21(23(27)25-10-6-7-11-25)24-26(16-8-4-3-5-9-16)22(18)17(15)14-20(19)29-2/h3-5,8-9,13-14H,6-7,10-12H2,1-2H3. The summed E-state index contributed by atoms with van der Waals surface area (Å²) in [4.78, 5) is 15.2. The zero-order valence-corrected chi connectivity index (χ0v) is 16.6. The van der Waals surface area contributed by atoms with Gasteiger partial charge in [-0.1, -0.05) is 18.2 Å². The molecule has 2 aliphatic rings. The third kappa shape index (κ3) is 2.78. The van der Waals surface area contributed by atoms with Gasteiger partial charge < -0.3 is 14.4 Å². The Kier molecular flexibility index (Phi) is 4.27. The average Bonchev–Trinajstić information content (AvgIpc) is 3.49. The molecular weight excluding hydrogens is 366 g/mol. The van der Waals surface area contributed by atoms with Gasteiger partial charge in [0.05, 0.1) is 25.6 Å². The predicted octanol–water partition coefficient (Wildman–Crippen LogP) is 3.70. The van der Waals surface area contributed by atoms with Crippen molar-refractivity contribution in [1.82, 2.24) is 14.7 Å². The highest BCUT2D eigenvalue weighted by Gasteiger charge is 2.34. The molecule has 5 rings (SSSR count). The molecular formula is C23H23N3O3. The number of carbonyl (C=O) groups is 1. The van der Waals surface area contributed by atoms with E-state index in [4.69, 9.17) is 14.6 Å². The minimum absolute atomic E-state index is 0.0279. The van der Waals surface area contributed by atoms with Gasteiger partial charge in [-0.2, -0.15) is 5.10 Å². The van der Waals surface area contributed by atoms with Crippen molar-refractivity contribution >= 4 is 5.91 Å². The SMILES string of the molecule is COc1cc2c(cc1OC)-c1c(c(C(=O)N3CCCC3)nn1-c1ccccc1)C2. The minimum Gasteiger partial charge on any atom is -0.493 e. The largest absolute Gasteiger partial charge is 0.493 e. The highest BCUT2D eigenvalue weighted by molar-refractivity contribution is 5.97. The van der Waals surface area contributed by atoms with Gasteiger partial charge in [0.25, 0.3) is 5.91 Å². The molecule has 0 spiro atoms. The fourth-order valence-corrected chi connectivity index (χ4v) is 4.37. The summed E-state index contributed by atoms with van der Waals surface area (Å²) in [7, 11) is 3.28. The van der Waals surface area contributed by atoms with Gasteiger partial charge in [-0.3, -0.25) is 4.79 Å². The van der Waals surface area contributed by atoms with Gasteiger partial charge in [0.2, 0.25) is 0 Å². The summed E-state index contributed by atoms with van der Waals surface area (Å²) < 4.78 is 12.9. The van der Waals surface area contributed by atoms with Crippen molar-refractivity contribution in [2.24, 2.45) is 0 Å². The number of hydrogen-bond donors (Lipinski definition) is 0. The number of nitrogens with zero attached hydrogens (tertiary/aromatic N) is 3. The van der Waals surface area contributed by atoms with Gasteiger partial charge >= 0.3 is 0 Å². The van der Waals surface area contributed by atoms with E-state index >= 15 is 0 Å². The molecule has 2 heterocycles. The zero-order chi connectivity index (χ0) is 20.0. The highest BCUT2D eigenvalue weighted by Crippen LogP contribution is 2.45. The monoisotopic (exact) mass is 389 g/mol. The van der Waals surface area contributed by atoms with Crippen LogP contribution in [0.25, 0.3) is 16.9 Å². The second kappa shape index (κ2) is 6.95. The number of likely N-dealkylation sites (tertiary alicyclic amines) is 1. The van der Waals surface area contributed by atoms with Gasteiger partial charge in [0, 0.05) is 30.6 Å². The lowest BCUT2D eigenvalue weighted by Crippen LogP contribution is -2.28. The highest BCUT2D eigenvalue weighted by atomic mass is 16.5. The molecule has 1 aliphatic carbocycles. The molecule has 148 valence electrons. The van der Waals surface area contributed by atoms with E-state index in [2.05, 4.69) is 0 Å². The molecule has 3 aromatic rings. The molecule has 1 saturated heterocycles. The number of fused-ring (bicyclic) bond motifs is 3. The van der Waals surface area contributed by atoms with Crippen LogP contribution in [0.2, 0.25) is 0 Å². The number of aromatic nitrogens is 2. The second-order valence-electron chi connectivity index (χ2n) is 7.46. The Balaban J connectivity index is 1.70. The van der Waals surface area contributed by atoms with Crippen LogP contribution >= 0.6 is 0 Å². The molecule has 6 nitrogen and oxygen atoms in total. The number of methoxy groups -OCH3 is 2. The Morgan fingerprint density at radius 1 is 1.00 bits per heavy atom.